The lowest BCUT2D eigenvalue weighted by Crippen LogP contribution is -2.42. The van der Waals surface area contributed by atoms with Crippen molar-refractivity contribution < 1.29 is 5.11 Å². The maximum atomic E-state index is 9.26. The van der Waals surface area contributed by atoms with E-state index < -0.39 is 0 Å². The second kappa shape index (κ2) is 5.85. The van der Waals surface area contributed by atoms with E-state index in [9.17, 15) is 5.11 Å². The van der Waals surface area contributed by atoms with Crippen LogP contribution in [0.15, 0.2) is 30.3 Å². The van der Waals surface area contributed by atoms with E-state index in [0.717, 1.165) is 19.3 Å². The highest BCUT2D eigenvalue weighted by Crippen LogP contribution is 2.46. The molecule has 1 saturated carbocycles. The highest BCUT2D eigenvalue weighted by molar-refractivity contribution is 5.20. The van der Waals surface area contributed by atoms with Crippen LogP contribution in [-0.4, -0.2) is 17.8 Å². The van der Waals surface area contributed by atoms with Crippen LogP contribution in [0.4, 0.5) is 0 Å². The summed E-state index contributed by atoms with van der Waals surface area (Å²) in [7, 11) is 0. The summed E-state index contributed by atoms with van der Waals surface area (Å²) in [5.41, 5.74) is 7.79. The van der Waals surface area contributed by atoms with E-state index >= 15 is 0 Å². The zero-order valence-electron chi connectivity index (χ0n) is 11.3. The number of benzene rings is 1. The van der Waals surface area contributed by atoms with Gasteiger partial charge >= 0.3 is 0 Å². The molecule has 0 aliphatic heterocycles. The summed E-state index contributed by atoms with van der Waals surface area (Å²) in [5.74, 6) is 0.678. The maximum Gasteiger partial charge on any atom is 0.0436 e. The molecule has 0 saturated heterocycles. The van der Waals surface area contributed by atoms with E-state index in [1.807, 2.05) is 0 Å². The van der Waals surface area contributed by atoms with Crippen molar-refractivity contribution in [1.29, 1.82) is 0 Å². The SMILES string of the molecule is CC(N)C1(CCO)CCC(c2ccccc2)CC1. The first kappa shape index (κ1) is 13.6. The van der Waals surface area contributed by atoms with Gasteiger partial charge in [0.25, 0.3) is 0 Å². The second-order valence-corrected chi connectivity index (χ2v) is 5.81. The lowest BCUT2D eigenvalue weighted by molar-refractivity contribution is 0.0966. The molecule has 0 bridgehead atoms. The van der Waals surface area contributed by atoms with E-state index in [-0.39, 0.29) is 18.1 Å². The normalized spacial score (nSPS) is 30.1. The van der Waals surface area contributed by atoms with Crippen molar-refractivity contribution in [1.82, 2.24) is 0 Å². The van der Waals surface area contributed by atoms with Gasteiger partial charge in [0.1, 0.15) is 0 Å². The summed E-state index contributed by atoms with van der Waals surface area (Å²) in [4.78, 5) is 0. The standard InChI is InChI=1S/C16H25NO/c1-13(17)16(11-12-18)9-7-15(8-10-16)14-5-3-2-4-6-14/h2-6,13,15,18H,7-12,17H2,1H3. The minimum Gasteiger partial charge on any atom is -0.396 e. The Balaban J connectivity index is 2.02. The first-order valence-electron chi connectivity index (χ1n) is 7.09. The van der Waals surface area contributed by atoms with Gasteiger partial charge in [0, 0.05) is 12.6 Å². The average molecular weight is 247 g/mol. The fourth-order valence-corrected chi connectivity index (χ4v) is 3.41. The third-order valence-corrected chi connectivity index (χ3v) is 4.83. The van der Waals surface area contributed by atoms with Crippen LogP contribution in [0.25, 0.3) is 0 Å². The van der Waals surface area contributed by atoms with Crippen molar-refractivity contribution in [2.75, 3.05) is 6.61 Å². The van der Waals surface area contributed by atoms with Gasteiger partial charge in [-0.15, -0.1) is 0 Å². The second-order valence-electron chi connectivity index (χ2n) is 5.81. The van der Waals surface area contributed by atoms with Crippen molar-refractivity contribution in [3.63, 3.8) is 0 Å². The van der Waals surface area contributed by atoms with E-state index in [1.54, 1.807) is 0 Å². The minimum atomic E-state index is 0.167. The van der Waals surface area contributed by atoms with Gasteiger partial charge in [-0.2, -0.15) is 0 Å². The third kappa shape index (κ3) is 2.76. The molecule has 1 aromatic carbocycles. The van der Waals surface area contributed by atoms with Gasteiger partial charge in [0.05, 0.1) is 0 Å². The van der Waals surface area contributed by atoms with Crippen LogP contribution < -0.4 is 5.73 Å². The zero-order chi connectivity index (χ0) is 13.0. The molecule has 1 unspecified atom stereocenters. The highest BCUT2D eigenvalue weighted by atomic mass is 16.3. The number of aliphatic hydroxyl groups is 1. The first-order chi connectivity index (χ1) is 8.68. The molecular formula is C16H25NO. The molecule has 2 nitrogen and oxygen atoms in total. The Morgan fingerprint density at radius 1 is 1.28 bits per heavy atom. The number of aliphatic hydroxyl groups excluding tert-OH is 1. The topological polar surface area (TPSA) is 46.2 Å². The molecule has 2 rings (SSSR count). The summed E-state index contributed by atoms with van der Waals surface area (Å²) >= 11 is 0. The Bertz CT molecular complexity index is 353. The molecule has 0 radical (unpaired) electrons. The minimum absolute atomic E-state index is 0.167. The summed E-state index contributed by atoms with van der Waals surface area (Å²) in [6, 6.07) is 11.0. The fourth-order valence-electron chi connectivity index (χ4n) is 3.41. The maximum absolute atomic E-state index is 9.26. The summed E-state index contributed by atoms with van der Waals surface area (Å²) < 4.78 is 0. The number of hydrogen-bond acceptors (Lipinski definition) is 2. The molecule has 100 valence electrons. The van der Waals surface area contributed by atoms with Gasteiger partial charge in [-0.3, -0.25) is 0 Å². The van der Waals surface area contributed by atoms with Crippen LogP contribution in [0.2, 0.25) is 0 Å². The number of rotatable bonds is 4. The molecule has 1 aliphatic carbocycles. The monoisotopic (exact) mass is 247 g/mol. The van der Waals surface area contributed by atoms with Crippen molar-refractivity contribution in [2.45, 2.75) is 51.0 Å². The van der Waals surface area contributed by atoms with Crippen molar-refractivity contribution >= 4 is 0 Å². The van der Waals surface area contributed by atoms with Gasteiger partial charge < -0.3 is 10.8 Å². The van der Waals surface area contributed by atoms with E-state index in [4.69, 9.17) is 5.73 Å². The molecule has 2 heteroatoms. The molecular weight excluding hydrogens is 222 g/mol. The predicted octanol–water partition coefficient (Wildman–Crippen LogP) is 3.06. The van der Waals surface area contributed by atoms with Crippen LogP contribution in [0, 0.1) is 5.41 Å². The molecule has 1 fully saturated rings. The summed E-state index contributed by atoms with van der Waals surface area (Å²) in [6.07, 6.45) is 5.54. The average Bonchev–Trinajstić information content (AvgIpc) is 2.41. The number of hydrogen-bond donors (Lipinski definition) is 2. The predicted molar refractivity (Wildman–Crippen MR) is 75.4 cm³/mol. The van der Waals surface area contributed by atoms with Gasteiger partial charge in [-0.1, -0.05) is 30.3 Å². The Morgan fingerprint density at radius 3 is 2.39 bits per heavy atom. The molecule has 0 amide bonds. The zero-order valence-corrected chi connectivity index (χ0v) is 11.3. The molecule has 18 heavy (non-hydrogen) atoms. The van der Waals surface area contributed by atoms with Crippen LogP contribution in [-0.2, 0) is 0 Å². The van der Waals surface area contributed by atoms with Gasteiger partial charge in [0.15, 0.2) is 0 Å². The van der Waals surface area contributed by atoms with Crippen LogP contribution in [0.1, 0.15) is 50.5 Å². The molecule has 1 atom stereocenters. The van der Waals surface area contributed by atoms with Gasteiger partial charge in [0.2, 0.25) is 0 Å². The van der Waals surface area contributed by atoms with Crippen molar-refractivity contribution in [2.24, 2.45) is 11.1 Å². The highest BCUT2D eigenvalue weighted by Gasteiger charge is 2.38. The van der Waals surface area contributed by atoms with Crippen LogP contribution in [0.5, 0.6) is 0 Å². The molecule has 0 aromatic heterocycles. The van der Waals surface area contributed by atoms with Gasteiger partial charge in [-0.25, -0.2) is 0 Å². The smallest absolute Gasteiger partial charge is 0.0436 e. The van der Waals surface area contributed by atoms with E-state index in [2.05, 4.69) is 37.3 Å². The molecule has 3 N–H and O–H groups in total. The van der Waals surface area contributed by atoms with Gasteiger partial charge in [-0.05, 0) is 55.9 Å². The van der Waals surface area contributed by atoms with Crippen molar-refractivity contribution in [3.8, 4) is 0 Å². The van der Waals surface area contributed by atoms with Crippen LogP contribution in [0.3, 0.4) is 0 Å². The Labute approximate surface area is 110 Å². The Hall–Kier alpha value is -0.860. The first-order valence-corrected chi connectivity index (χ1v) is 7.09. The van der Waals surface area contributed by atoms with E-state index in [1.165, 1.54) is 18.4 Å². The lowest BCUT2D eigenvalue weighted by Gasteiger charge is -2.43. The number of nitrogens with two attached hydrogens (primary N) is 1. The largest absolute Gasteiger partial charge is 0.396 e. The van der Waals surface area contributed by atoms with E-state index in [0.29, 0.717) is 5.92 Å². The van der Waals surface area contributed by atoms with Crippen LogP contribution >= 0.6 is 0 Å². The third-order valence-electron chi connectivity index (χ3n) is 4.83. The fraction of sp³-hybridized carbons (Fsp3) is 0.625. The summed E-state index contributed by atoms with van der Waals surface area (Å²) in [6.45, 7) is 2.36. The Morgan fingerprint density at radius 2 is 1.89 bits per heavy atom. The summed E-state index contributed by atoms with van der Waals surface area (Å²) in [5, 5.41) is 9.26. The molecule has 0 spiro atoms. The lowest BCUT2D eigenvalue weighted by atomic mass is 9.64. The Kier molecular flexibility index (Phi) is 4.41. The quantitative estimate of drug-likeness (QED) is 0.859. The molecule has 1 aromatic rings. The molecule has 0 heterocycles. The van der Waals surface area contributed by atoms with Crippen molar-refractivity contribution in [3.05, 3.63) is 35.9 Å². The molecule has 1 aliphatic rings.